The molecule has 2 saturated carbocycles. The molecule has 0 aliphatic heterocycles. The van der Waals surface area contributed by atoms with Crippen LogP contribution < -0.4 is 10.6 Å². The van der Waals surface area contributed by atoms with Gasteiger partial charge in [0.15, 0.2) is 0 Å². The first-order valence-corrected chi connectivity index (χ1v) is 7.88. The fraction of sp³-hybridized carbons (Fsp3) is 0.867. The number of hydrogen-bond donors (Lipinski definition) is 3. The summed E-state index contributed by atoms with van der Waals surface area (Å²) in [6, 6.07) is -0.111. The third-order valence-electron chi connectivity index (χ3n) is 4.85. The van der Waals surface area contributed by atoms with E-state index in [0.29, 0.717) is 12.8 Å². The van der Waals surface area contributed by atoms with Gasteiger partial charge < -0.3 is 15.7 Å². The van der Waals surface area contributed by atoms with Crippen LogP contribution in [0.4, 0.5) is 4.79 Å². The summed E-state index contributed by atoms with van der Waals surface area (Å²) in [5.74, 6) is -0.108. The van der Waals surface area contributed by atoms with Crippen molar-refractivity contribution in [3.8, 4) is 0 Å². The lowest BCUT2D eigenvalue weighted by Crippen LogP contribution is -2.62. The lowest BCUT2D eigenvalue weighted by atomic mass is 9.77. The van der Waals surface area contributed by atoms with E-state index >= 15 is 0 Å². The zero-order valence-corrected chi connectivity index (χ0v) is 12.3. The molecule has 2 rings (SSSR count). The average molecular weight is 282 g/mol. The van der Waals surface area contributed by atoms with Crippen LogP contribution in [0.3, 0.4) is 0 Å². The van der Waals surface area contributed by atoms with Crippen LogP contribution in [0.1, 0.15) is 64.7 Å². The number of nitrogens with one attached hydrogen (secondary N) is 2. The van der Waals surface area contributed by atoms with Crippen LogP contribution in [0.15, 0.2) is 0 Å². The van der Waals surface area contributed by atoms with Crippen molar-refractivity contribution in [2.45, 2.75) is 76.3 Å². The van der Waals surface area contributed by atoms with E-state index in [1.54, 1.807) is 0 Å². The topological polar surface area (TPSA) is 78.4 Å². The molecule has 0 radical (unpaired) electrons. The molecule has 0 spiro atoms. The van der Waals surface area contributed by atoms with Gasteiger partial charge in [-0.25, -0.2) is 9.59 Å². The monoisotopic (exact) mass is 282 g/mol. The van der Waals surface area contributed by atoms with E-state index in [-0.39, 0.29) is 12.1 Å². The Morgan fingerprint density at radius 3 is 2.30 bits per heavy atom. The van der Waals surface area contributed by atoms with Gasteiger partial charge in [0.2, 0.25) is 0 Å². The van der Waals surface area contributed by atoms with Gasteiger partial charge >= 0.3 is 12.0 Å². The maximum absolute atomic E-state index is 11.9. The molecule has 0 aromatic carbocycles. The van der Waals surface area contributed by atoms with Crippen molar-refractivity contribution in [3.05, 3.63) is 0 Å². The second kappa shape index (κ2) is 6.46. The molecule has 0 heterocycles. The van der Waals surface area contributed by atoms with Crippen LogP contribution in [-0.2, 0) is 4.79 Å². The van der Waals surface area contributed by atoms with Crippen LogP contribution in [0.5, 0.6) is 0 Å². The van der Waals surface area contributed by atoms with Crippen LogP contribution in [0.25, 0.3) is 0 Å². The molecule has 0 atom stereocenters. The predicted molar refractivity (Wildman–Crippen MR) is 76.5 cm³/mol. The molecule has 5 nitrogen and oxygen atoms in total. The molecule has 2 aliphatic rings. The minimum Gasteiger partial charge on any atom is -0.480 e. The summed E-state index contributed by atoms with van der Waals surface area (Å²) in [5, 5.41) is 14.8. The van der Waals surface area contributed by atoms with E-state index in [4.69, 9.17) is 0 Å². The summed E-state index contributed by atoms with van der Waals surface area (Å²) in [5.41, 5.74) is -1.01. The number of carbonyl (C=O) groups excluding carboxylic acids is 1. The SMILES string of the molecule is CCCC1CCC(NC(=O)NC2(C(=O)O)CCC2)CC1. The Morgan fingerprint density at radius 2 is 1.85 bits per heavy atom. The summed E-state index contributed by atoms with van der Waals surface area (Å²) in [4.78, 5) is 23.1. The molecule has 0 saturated heterocycles. The first-order chi connectivity index (χ1) is 9.55. The van der Waals surface area contributed by atoms with Crippen molar-refractivity contribution in [3.63, 3.8) is 0 Å². The van der Waals surface area contributed by atoms with E-state index in [2.05, 4.69) is 17.6 Å². The number of amides is 2. The lowest BCUT2D eigenvalue weighted by Gasteiger charge is -2.39. The van der Waals surface area contributed by atoms with E-state index in [9.17, 15) is 14.7 Å². The Kier molecular flexibility index (Phi) is 4.89. The van der Waals surface area contributed by atoms with Gasteiger partial charge in [-0.05, 0) is 50.9 Å². The van der Waals surface area contributed by atoms with Crippen LogP contribution >= 0.6 is 0 Å². The number of urea groups is 1. The minimum atomic E-state index is -1.01. The summed E-state index contributed by atoms with van der Waals surface area (Å²) in [7, 11) is 0. The minimum absolute atomic E-state index is 0.203. The summed E-state index contributed by atoms with van der Waals surface area (Å²) in [6.07, 6.45) is 8.82. The van der Waals surface area contributed by atoms with Crippen LogP contribution in [0, 0.1) is 5.92 Å². The fourth-order valence-electron chi connectivity index (χ4n) is 3.37. The third-order valence-corrected chi connectivity index (χ3v) is 4.85. The molecule has 5 heteroatoms. The number of aliphatic carboxylic acids is 1. The van der Waals surface area contributed by atoms with Gasteiger partial charge in [-0.1, -0.05) is 19.8 Å². The highest BCUT2D eigenvalue weighted by molar-refractivity contribution is 5.87. The zero-order valence-electron chi connectivity index (χ0n) is 12.3. The maximum Gasteiger partial charge on any atom is 0.329 e. The second-order valence-corrected chi connectivity index (χ2v) is 6.35. The molecule has 0 bridgehead atoms. The van der Waals surface area contributed by atoms with Crippen molar-refractivity contribution < 1.29 is 14.7 Å². The highest BCUT2D eigenvalue weighted by Gasteiger charge is 2.45. The van der Waals surface area contributed by atoms with Gasteiger partial charge in [-0.3, -0.25) is 0 Å². The summed E-state index contributed by atoms with van der Waals surface area (Å²) < 4.78 is 0. The standard InChI is InChI=1S/C15H26N2O3/c1-2-4-11-5-7-12(8-6-11)16-14(20)17-15(13(18)19)9-3-10-15/h11-12H,2-10H2,1H3,(H,18,19)(H2,16,17,20). The van der Waals surface area contributed by atoms with Crippen molar-refractivity contribution in [1.82, 2.24) is 10.6 Å². The van der Waals surface area contributed by atoms with Gasteiger partial charge in [0.25, 0.3) is 0 Å². The highest BCUT2D eigenvalue weighted by Crippen LogP contribution is 2.32. The molecular weight excluding hydrogens is 256 g/mol. The zero-order chi connectivity index (χ0) is 14.6. The van der Waals surface area contributed by atoms with Crippen molar-refractivity contribution in [2.24, 2.45) is 5.92 Å². The second-order valence-electron chi connectivity index (χ2n) is 6.35. The van der Waals surface area contributed by atoms with Crippen molar-refractivity contribution >= 4 is 12.0 Å². The van der Waals surface area contributed by atoms with Crippen LogP contribution in [0.2, 0.25) is 0 Å². The Labute approximate surface area is 120 Å². The number of hydrogen-bond acceptors (Lipinski definition) is 2. The van der Waals surface area contributed by atoms with E-state index in [1.165, 1.54) is 25.7 Å². The molecule has 0 aromatic rings. The van der Waals surface area contributed by atoms with Gasteiger partial charge in [-0.15, -0.1) is 0 Å². The van der Waals surface area contributed by atoms with E-state index in [1.807, 2.05) is 0 Å². The fourth-order valence-corrected chi connectivity index (χ4v) is 3.37. The number of rotatable bonds is 5. The van der Waals surface area contributed by atoms with Crippen molar-refractivity contribution in [2.75, 3.05) is 0 Å². The highest BCUT2D eigenvalue weighted by atomic mass is 16.4. The average Bonchev–Trinajstić information content (AvgIpc) is 2.36. The Bertz CT molecular complexity index is 358. The molecule has 2 fully saturated rings. The molecule has 3 N–H and O–H groups in total. The molecule has 20 heavy (non-hydrogen) atoms. The van der Waals surface area contributed by atoms with E-state index in [0.717, 1.165) is 25.2 Å². The van der Waals surface area contributed by atoms with Gasteiger partial charge in [-0.2, -0.15) is 0 Å². The number of carboxylic acids is 1. The summed E-state index contributed by atoms with van der Waals surface area (Å²) >= 11 is 0. The lowest BCUT2D eigenvalue weighted by molar-refractivity contribution is -0.148. The van der Waals surface area contributed by atoms with Gasteiger partial charge in [0, 0.05) is 6.04 Å². The van der Waals surface area contributed by atoms with Gasteiger partial charge in [0.05, 0.1) is 0 Å². The maximum atomic E-state index is 11.9. The van der Waals surface area contributed by atoms with Crippen molar-refractivity contribution in [1.29, 1.82) is 0 Å². The van der Waals surface area contributed by atoms with E-state index < -0.39 is 11.5 Å². The largest absolute Gasteiger partial charge is 0.480 e. The number of carbonyl (C=O) groups is 2. The van der Waals surface area contributed by atoms with Gasteiger partial charge in [0.1, 0.15) is 5.54 Å². The molecule has 0 unspecified atom stereocenters. The molecular formula is C15H26N2O3. The summed E-state index contributed by atoms with van der Waals surface area (Å²) in [6.45, 7) is 2.21. The Balaban J connectivity index is 1.74. The molecule has 0 aromatic heterocycles. The number of carboxylic acid groups (broad SMARTS) is 1. The third kappa shape index (κ3) is 3.44. The quantitative estimate of drug-likeness (QED) is 0.725. The first kappa shape index (κ1) is 15.1. The molecule has 2 aliphatic carbocycles. The van der Waals surface area contributed by atoms with Crippen LogP contribution in [-0.4, -0.2) is 28.7 Å². The Hall–Kier alpha value is -1.26. The predicted octanol–water partition coefficient (Wildman–Crippen LogP) is 2.65. The Morgan fingerprint density at radius 1 is 1.20 bits per heavy atom. The molecule has 114 valence electrons. The normalized spacial score (nSPS) is 28.2. The smallest absolute Gasteiger partial charge is 0.329 e. The first-order valence-electron chi connectivity index (χ1n) is 7.88. The molecule has 2 amide bonds.